The Morgan fingerprint density at radius 3 is 0.769 bits per heavy atom. The van der Waals surface area contributed by atoms with E-state index >= 15 is 0 Å². The van der Waals surface area contributed by atoms with Gasteiger partial charge in [0.15, 0.2) is 0 Å². The SMILES string of the molecule is C[PH+](C)S.[C-]#[O+].[C-]#[O+].[C-]#[O+].[C-]#[O+].[Mn]. The van der Waals surface area contributed by atoms with E-state index < -0.39 is 0 Å². The average Bonchev–Trinajstić information content (AvgIpc) is 2.16. The van der Waals surface area contributed by atoms with E-state index in [2.05, 4.69) is 52.2 Å². The Balaban J connectivity index is -0.0000000122. The summed E-state index contributed by atoms with van der Waals surface area (Å²) in [6, 6.07) is 0. The van der Waals surface area contributed by atoms with Gasteiger partial charge in [-0.2, -0.15) is 0 Å². The third kappa shape index (κ3) is 19200. The summed E-state index contributed by atoms with van der Waals surface area (Å²) >= 11 is 4.07. The topological polar surface area (TPSA) is 79.6 Å². The van der Waals surface area contributed by atoms with Crippen LogP contribution < -0.4 is 0 Å². The van der Waals surface area contributed by atoms with Gasteiger partial charge in [0.05, 0.1) is 20.5 Å². The largest absolute Gasteiger partial charge is 0 e. The first-order chi connectivity index (χ1) is 5.73. The molecular weight excluding hydrogens is 254 g/mol. The molecule has 73 valence electrons. The van der Waals surface area contributed by atoms with Crippen molar-refractivity contribution in [2.45, 2.75) is 0 Å². The molecule has 0 spiro atoms. The maximum absolute atomic E-state index is 7.50. The maximum atomic E-state index is 7.50. The quantitative estimate of drug-likeness (QED) is 0.223. The summed E-state index contributed by atoms with van der Waals surface area (Å²) in [7, 11) is -0.185. The van der Waals surface area contributed by atoms with Crippen molar-refractivity contribution in [1.29, 1.82) is 0 Å². The van der Waals surface area contributed by atoms with Crippen LogP contribution >= 0.6 is 19.4 Å². The number of thiol groups is 1. The van der Waals surface area contributed by atoms with Gasteiger partial charge in [0.1, 0.15) is 0 Å². The Kier molecular flexibility index (Phi) is 426. The van der Waals surface area contributed by atoms with Gasteiger partial charge in [-0.25, -0.2) is 0 Å². The van der Waals surface area contributed by atoms with Gasteiger partial charge >= 0.3 is 45.2 Å². The molecule has 0 aliphatic heterocycles. The van der Waals surface area contributed by atoms with Crippen LogP contribution in [-0.4, -0.2) is 13.3 Å². The van der Waals surface area contributed by atoms with E-state index in [0.29, 0.717) is 0 Å². The molecule has 0 saturated carbocycles. The third-order valence-electron chi connectivity index (χ3n) is 0. The minimum atomic E-state index is -0.185. The third-order valence-corrected chi connectivity index (χ3v) is 0. The number of hydrogen-bond acceptors (Lipinski definition) is 1. The van der Waals surface area contributed by atoms with E-state index in [1.54, 1.807) is 0 Å². The predicted molar refractivity (Wildman–Crippen MR) is 44.9 cm³/mol. The van der Waals surface area contributed by atoms with E-state index in [4.69, 9.17) is 18.6 Å². The van der Waals surface area contributed by atoms with Gasteiger partial charge in [0.25, 0.3) is 0 Å². The van der Waals surface area contributed by atoms with Crippen molar-refractivity contribution >= 4 is 19.4 Å². The summed E-state index contributed by atoms with van der Waals surface area (Å²) in [6.45, 7) is 22.3. The van der Waals surface area contributed by atoms with Crippen molar-refractivity contribution in [3.05, 3.63) is 26.6 Å². The Morgan fingerprint density at radius 1 is 0.769 bits per heavy atom. The van der Waals surface area contributed by atoms with Gasteiger partial charge in [-0.3, -0.25) is 0 Å². The summed E-state index contributed by atoms with van der Waals surface area (Å²) in [6.07, 6.45) is 0. The molecule has 4 nitrogen and oxygen atoms in total. The molecule has 0 heterocycles. The fourth-order valence-electron chi connectivity index (χ4n) is 0. The van der Waals surface area contributed by atoms with Crippen LogP contribution in [0.15, 0.2) is 0 Å². The van der Waals surface area contributed by atoms with Crippen LogP contribution in [0.3, 0.4) is 0 Å². The molecule has 1 radical (unpaired) electrons. The summed E-state index contributed by atoms with van der Waals surface area (Å²) < 4.78 is 30.0. The molecule has 0 aromatic heterocycles. The molecule has 0 aromatic rings. The first kappa shape index (κ1) is 37.8. The molecule has 0 aliphatic rings. The van der Waals surface area contributed by atoms with Crippen LogP contribution in [0.5, 0.6) is 0 Å². The average molecular weight is 262 g/mol. The minimum absolute atomic E-state index is 0. The second-order valence-corrected chi connectivity index (χ2v) is 5.52. The molecule has 0 saturated heterocycles. The molecule has 0 atom stereocenters. The van der Waals surface area contributed by atoms with Crippen molar-refractivity contribution in [2.75, 3.05) is 13.3 Å². The second-order valence-electron chi connectivity index (χ2n) is 0.947. The Bertz CT molecular complexity index is 94.0. The zero-order valence-corrected chi connectivity index (χ0v) is 10.0. The maximum Gasteiger partial charge on any atom is 0 e. The molecule has 0 fully saturated rings. The molecule has 0 rings (SSSR count). The second kappa shape index (κ2) is 146. The van der Waals surface area contributed by atoms with Gasteiger partial charge in [0, 0.05) is 17.1 Å². The van der Waals surface area contributed by atoms with E-state index in [9.17, 15) is 0 Å². The molecule has 0 amide bonds. The van der Waals surface area contributed by atoms with Gasteiger partial charge in [-0.1, -0.05) is 0 Å². The minimum Gasteiger partial charge on any atom is 0 e. The van der Waals surface area contributed by atoms with Crippen molar-refractivity contribution in [3.63, 3.8) is 0 Å². The number of rotatable bonds is 0. The van der Waals surface area contributed by atoms with Crippen LogP contribution in [0.1, 0.15) is 0 Å². The Morgan fingerprint density at radius 2 is 0.769 bits per heavy atom. The van der Waals surface area contributed by atoms with Crippen molar-refractivity contribution < 1.29 is 35.7 Å². The molecule has 0 unspecified atom stereocenters. The van der Waals surface area contributed by atoms with Crippen molar-refractivity contribution in [2.24, 2.45) is 0 Å². The van der Waals surface area contributed by atoms with Crippen LogP contribution in [0, 0.1) is 26.6 Å². The van der Waals surface area contributed by atoms with Gasteiger partial charge < -0.3 is 0 Å². The van der Waals surface area contributed by atoms with Crippen LogP contribution in [0.2, 0.25) is 0 Å². The first-order valence-corrected chi connectivity index (χ1v) is 5.83. The van der Waals surface area contributed by atoms with E-state index in [0.717, 1.165) is 0 Å². The van der Waals surface area contributed by atoms with Gasteiger partial charge in [-0.15, -0.1) is 0 Å². The fraction of sp³-hybridized carbons (Fsp3) is 0.333. The summed E-state index contributed by atoms with van der Waals surface area (Å²) in [5, 5.41) is 0. The smallest absolute Gasteiger partial charge is 0 e. The molecule has 0 aliphatic carbocycles. The van der Waals surface area contributed by atoms with Crippen LogP contribution in [-0.2, 0) is 35.7 Å². The van der Waals surface area contributed by atoms with E-state index in [1.807, 2.05) is 0 Å². The normalized spacial score (nSPS) is 3.38. The first-order valence-electron chi connectivity index (χ1n) is 2.04. The standard InChI is InChI=1S/C2H7PS.4CO.Mn/c1-3(2)4;4*1-2;/h4H,1-2H3;;;;;/p+1. The molecule has 13 heavy (non-hydrogen) atoms. The molecule has 7 heteroatoms. The van der Waals surface area contributed by atoms with E-state index in [-0.39, 0.29) is 24.2 Å². The van der Waals surface area contributed by atoms with Crippen molar-refractivity contribution in [3.8, 4) is 0 Å². The Labute approximate surface area is 95.1 Å². The summed E-state index contributed by atoms with van der Waals surface area (Å²) in [5.74, 6) is 0. The zero-order chi connectivity index (χ0) is 11.6. The summed E-state index contributed by atoms with van der Waals surface area (Å²) in [5.41, 5.74) is 0. The fourth-order valence-corrected chi connectivity index (χ4v) is 0. The predicted octanol–water partition coefficient (Wildman–Crippen LogP) is 1.15. The van der Waals surface area contributed by atoms with Crippen molar-refractivity contribution in [1.82, 2.24) is 0 Å². The zero-order valence-electron chi connectivity index (χ0n) is 6.96. The van der Waals surface area contributed by atoms with Crippen LogP contribution in [0.4, 0.5) is 0 Å². The van der Waals surface area contributed by atoms with Gasteiger partial charge in [-0.05, 0) is 12.2 Å². The molecule has 0 N–H and O–H groups in total. The summed E-state index contributed by atoms with van der Waals surface area (Å²) in [4.78, 5) is 0. The van der Waals surface area contributed by atoms with Crippen LogP contribution in [0.25, 0.3) is 0 Å². The monoisotopic (exact) mass is 262 g/mol. The molecule has 0 aromatic carbocycles. The number of hydrogen-bond donors (Lipinski definition) is 1. The van der Waals surface area contributed by atoms with Gasteiger partial charge in [0.2, 0.25) is 0 Å². The van der Waals surface area contributed by atoms with E-state index in [1.165, 1.54) is 0 Å². The molecular formula is C6H8MnO4PS+. The molecule has 0 bridgehead atoms. The Hall–Kier alpha value is 0.259.